The zero-order chi connectivity index (χ0) is 14.0. The number of carbonyl (C=O) groups is 1. The molecule has 1 aliphatic heterocycles. The highest BCUT2D eigenvalue weighted by Crippen LogP contribution is 2.34. The molecule has 1 amide bonds. The molecule has 0 aromatic heterocycles. The SMILES string of the molecule is CNC1(C(N)=O)CCC(N2CCC(N(C)C)CC2)C1. The molecule has 0 radical (unpaired) electrons. The Morgan fingerprint density at radius 3 is 2.37 bits per heavy atom. The van der Waals surface area contributed by atoms with Crippen LogP contribution in [-0.4, -0.2) is 67.6 Å². The monoisotopic (exact) mass is 268 g/mol. The Labute approximate surface area is 116 Å². The molecule has 2 aliphatic rings. The first-order chi connectivity index (χ1) is 8.98. The van der Waals surface area contributed by atoms with Gasteiger partial charge in [-0.3, -0.25) is 4.79 Å². The smallest absolute Gasteiger partial charge is 0.237 e. The zero-order valence-electron chi connectivity index (χ0n) is 12.5. The predicted octanol–water partition coefficient (Wildman–Crippen LogP) is 0.00840. The van der Waals surface area contributed by atoms with Gasteiger partial charge in [-0.25, -0.2) is 0 Å². The van der Waals surface area contributed by atoms with Gasteiger partial charge in [0.2, 0.25) is 5.91 Å². The number of carbonyl (C=O) groups excluding carboxylic acids is 1. The maximum absolute atomic E-state index is 11.7. The van der Waals surface area contributed by atoms with Crippen molar-refractivity contribution in [1.29, 1.82) is 0 Å². The highest BCUT2D eigenvalue weighted by atomic mass is 16.1. The van der Waals surface area contributed by atoms with Gasteiger partial charge in [-0.2, -0.15) is 0 Å². The number of hydrogen-bond acceptors (Lipinski definition) is 4. The van der Waals surface area contributed by atoms with Crippen LogP contribution in [0.1, 0.15) is 32.1 Å². The summed E-state index contributed by atoms with van der Waals surface area (Å²) in [7, 11) is 6.18. The van der Waals surface area contributed by atoms with Gasteiger partial charge in [-0.05, 0) is 66.3 Å². The molecule has 0 aromatic carbocycles. The second-order valence-electron chi connectivity index (χ2n) is 6.32. The third kappa shape index (κ3) is 2.93. The van der Waals surface area contributed by atoms with Gasteiger partial charge in [-0.1, -0.05) is 0 Å². The Morgan fingerprint density at radius 1 is 1.32 bits per heavy atom. The van der Waals surface area contributed by atoms with Gasteiger partial charge in [0.25, 0.3) is 0 Å². The van der Waals surface area contributed by atoms with Crippen LogP contribution >= 0.6 is 0 Å². The minimum absolute atomic E-state index is 0.194. The fourth-order valence-corrected chi connectivity index (χ4v) is 3.67. The van der Waals surface area contributed by atoms with E-state index in [2.05, 4.69) is 29.2 Å². The number of nitrogens with zero attached hydrogens (tertiary/aromatic N) is 2. The van der Waals surface area contributed by atoms with Crippen LogP contribution in [-0.2, 0) is 4.79 Å². The molecule has 1 aliphatic carbocycles. The fourth-order valence-electron chi connectivity index (χ4n) is 3.67. The Morgan fingerprint density at radius 2 is 1.95 bits per heavy atom. The van der Waals surface area contributed by atoms with Crippen LogP contribution in [0.5, 0.6) is 0 Å². The van der Waals surface area contributed by atoms with Crippen molar-refractivity contribution in [2.45, 2.75) is 49.7 Å². The van der Waals surface area contributed by atoms with E-state index < -0.39 is 5.54 Å². The molecule has 110 valence electrons. The van der Waals surface area contributed by atoms with Crippen molar-refractivity contribution in [3.63, 3.8) is 0 Å². The fraction of sp³-hybridized carbons (Fsp3) is 0.929. The molecular formula is C14H28N4O. The van der Waals surface area contributed by atoms with E-state index in [4.69, 9.17) is 5.73 Å². The van der Waals surface area contributed by atoms with Crippen LogP contribution in [0.2, 0.25) is 0 Å². The summed E-state index contributed by atoms with van der Waals surface area (Å²) in [5.41, 5.74) is 5.10. The summed E-state index contributed by atoms with van der Waals surface area (Å²) in [6.07, 6.45) is 5.28. The molecule has 3 N–H and O–H groups in total. The minimum Gasteiger partial charge on any atom is -0.368 e. The van der Waals surface area contributed by atoms with Gasteiger partial charge in [0.05, 0.1) is 5.54 Å². The van der Waals surface area contributed by atoms with Crippen molar-refractivity contribution >= 4 is 5.91 Å². The van der Waals surface area contributed by atoms with Crippen molar-refractivity contribution in [3.8, 4) is 0 Å². The summed E-state index contributed by atoms with van der Waals surface area (Å²) in [5.74, 6) is -0.194. The molecule has 19 heavy (non-hydrogen) atoms. The molecular weight excluding hydrogens is 240 g/mol. The first kappa shape index (κ1) is 14.8. The minimum atomic E-state index is -0.469. The Balaban J connectivity index is 1.90. The van der Waals surface area contributed by atoms with E-state index in [0.717, 1.165) is 32.4 Å². The van der Waals surface area contributed by atoms with E-state index in [1.807, 2.05) is 7.05 Å². The summed E-state index contributed by atoms with van der Waals surface area (Å²) in [6, 6.07) is 1.23. The van der Waals surface area contributed by atoms with Crippen LogP contribution in [0.4, 0.5) is 0 Å². The van der Waals surface area contributed by atoms with E-state index in [0.29, 0.717) is 12.1 Å². The number of likely N-dealkylation sites (tertiary alicyclic amines) is 1. The summed E-state index contributed by atoms with van der Waals surface area (Å²) in [6.45, 7) is 2.29. The van der Waals surface area contributed by atoms with Crippen molar-refractivity contribution in [3.05, 3.63) is 0 Å². The molecule has 2 atom stereocenters. The molecule has 1 saturated heterocycles. The number of likely N-dealkylation sites (N-methyl/N-ethyl adjacent to an activating group) is 1. The number of rotatable bonds is 4. The highest BCUT2D eigenvalue weighted by Gasteiger charge is 2.44. The Kier molecular flexibility index (Phi) is 4.48. The zero-order valence-corrected chi connectivity index (χ0v) is 12.5. The Hall–Kier alpha value is -0.650. The van der Waals surface area contributed by atoms with E-state index in [9.17, 15) is 4.79 Å². The number of piperidine rings is 1. The van der Waals surface area contributed by atoms with E-state index in [1.165, 1.54) is 12.8 Å². The van der Waals surface area contributed by atoms with Crippen molar-refractivity contribution in [1.82, 2.24) is 15.1 Å². The molecule has 2 rings (SSSR count). The van der Waals surface area contributed by atoms with Crippen LogP contribution in [0.15, 0.2) is 0 Å². The van der Waals surface area contributed by atoms with E-state index in [1.54, 1.807) is 0 Å². The normalized spacial score (nSPS) is 34.0. The highest BCUT2D eigenvalue weighted by molar-refractivity contribution is 5.85. The van der Waals surface area contributed by atoms with Crippen molar-refractivity contribution in [2.75, 3.05) is 34.2 Å². The molecule has 2 fully saturated rings. The van der Waals surface area contributed by atoms with Gasteiger partial charge in [0.1, 0.15) is 0 Å². The lowest BCUT2D eigenvalue weighted by Crippen LogP contribution is -2.53. The maximum Gasteiger partial charge on any atom is 0.237 e. The summed E-state index contributed by atoms with van der Waals surface area (Å²) < 4.78 is 0. The van der Waals surface area contributed by atoms with Gasteiger partial charge in [0, 0.05) is 12.1 Å². The topological polar surface area (TPSA) is 61.6 Å². The van der Waals surface area contributed by atoms with Crippen LogP contribution in [0, 0.1) is 0 Å². The lowest BCUT2D eigenvalue weighted by atomic mass is 9.96. The third-order valence-corrected chi connectivity index (χ3v) is 5.18. The third-order valence-electron chi connectivity index (χ3n) is 5.18. The molecule has 5 heteroatoms. The second-order valence-corrected chi connectivity index (χ2v) is 6.32. The maximum atomic E-state index is 11.7. The largest absolute Gasteiger partial charge is 0.368 e. The molecule has 1 heterocycles. The van der Waals surface area contributed by atoms with Crippen LogP contribution in [0.25, 0.3) is 0 Å². The van der Waals surface area contributed by atoms with Crippen LogP contribution in [0.3, 0.4) is 0 Å². The summed E-state index contributed by atoms with van der Waals surface area (Å²) in [4.78, 5) is 16.5. The quantitative estimate of drug-likeness (QED) is 0.754. The van der Waals surface area contributed by atoms with Crippen LogP contribution < -0.4 is 11.1 Å². The first-order valence-electron chi connectivity index (χ1n) is 7.38. The van der Waals surface area contributed by atoms with Crippen molar-refractivity contribution < 1.29 is 4.79 Å². The Bertz CT molecular complexity index is 325. The van der Waals surface area contributed by atoms with E-state index in [-0.39, 0.29) is 5.91 Å². The molecule has 0 aromatic rings. The van der Waals surface area contributed by atoms with Gasteiger partial charge in [0.15, 0.2) is 0 Å². The number of nitrogens with two attached hydrogens (primary N) is 1. The number of amides is 1. The standard InChI is InChI=1S/C14H28N4O/c1-16-14(13(15)19)7-4-12(10-14)18-8-5-11(6-9-18)17(2)3/h11-12,16H,4-10H2,1-3H3,(H2,15,19). The predicted molar refractivity (Wildman–Crippen MR) is 76.9 cm³/mol. The summed E-state index contributed by atoms with van der Waals surface area (Å²) >= 11 is 0. The number of primary amides is 1. The van der Waals surface area contributed by atoms with Gasteiger partial charge >= 0.3 is 0 Å². The lowest BCUT2D eigenvalue weighted by molar-refractivity contribution is -0.124. The number of nitrogens with one attached hydrogen (secondary N) is 1. The van der Waals surface area contributed by atoms with Gasteiger partial charge in [-0.15, -0.1) is 0 Å². The lowest BCUT2D eigenvalue weighted by Gasteiger charge is -2.38. The molecule has 0 spiro atoms. The molecule has 2 unspecified atom stereocenters. The number of hydrogen-bond donors (Lipinski definition) is 2. The second kappa shape index (κ2) is 5.77. The van der Waals surface area contributed by atoms with E-state index >= 15 is 0 Å². The molecule has 1 saturated carbocycles. The average Bonchev–Trinajstić information content (AvgIpc) is 2.84. The summed E-state index contributed by atoms with van der Waals surface area (Å²) in [5, 5.41) is 3.16. The average molecular weight is 268 g/mol. The van der Waals surface area contributed by atoms with Crippen molar-refractivity contribution in [2.24, 2.45) is 5.73 Å². The first-order valence-corrected chi connectivity index (χ1v) is 7.38. The molecule has 5 nitrogen and oxygen atoms in total. The van der Waals surface area contributed by atoms with Gasteiger partial charge < -0.3 is 20.9 Å². The molecule has 0 bridgehead atoms.